The van der Waals surface area contributed by atoms with Gasteiger partial charge in [-0.05, 0) is 72.4 Å². The summed E-state index contributed by atoms with van der Waals surface area (Å²) in [5, 5.41) is 42.5. The van der Waals surface area contributed by atoms with Gasteiger partial charge in [0, 0.05) is 107 Å². The van der Waals surface area contributed by atoms with E-state index >= 15 is 0 Å². The maximum atomic E-state index is 14.8. The highest BCUT2D eigenvalue weighted by atomic mass is 32.2. The molecule has 28 nitrogen and oxygen atoms in total. The van der Waals surface area contributed by atoms with Gasteiger partial charge >= 0.3 is 7.82 Å². The largest absolute Gasteiger partial charge is 0.539 e. The van der Waals surface area contributed by atoms with E-state index in [9.17, 15) is 73.9 Å². The van der Waals surface area contributed by atoms with Crippen LogP contribution < -0.4 is 33.1 Å². The Bertz CT molecular complexity index is 4420. The highest BCUT2D eigenvalue weighted by molar-refractivity contribution is 7.93. The van der Waals surface area contributed by atoms with Crippen LogP contribution in [0.1, 0.15) is 20.8 Å². The van der Waals surface area contributed by atoms with Gasteiger partial charge in [0.2, 0.25) is 0 Å². The van der Waals surface area contributed by atoms with Gasteiger partial charge in [0.15, 0.2) is 43.8 Å². The van der Waals surface area contributed by atoms with Gasteiger partial charge in [0.05, 0.1) is 19.6 Å². The first kappa shape index (κ1) is 71.0. The summed E-state index contributed by atoms with van der Waals surface area (Å²) in [5.41, 5.74) is 7.47. The summed E-state index contributed by atoms with van der Waals surface area (Å²) in [5.74, 6) is -5.70. The van der Waals surface area contributed by atoms with Crippen molar-refractivity contribution in [1.82, 2.24) is 45.1 Å². The molecule has 9 rings (SSSR count). The maximum Gasteiger partial charge on any atom is 0.539 e. The number of benzene rings is 3. The lowest BCUT2D eigenvalue weighted by molar-refractivity contribution is -0.140. The summed E-state index contributed by atoms with van der Waals surface area (Å²) >= 11 is 4.24. The highest BCUT2D eigenvalue weighted by Crippen LogP contribution is 2.47. The van der Waals surface area contributed by atoms with Crippen LogP contribution in [-0.2, 0) is 82.0 Å². The van der Waals surface area contributed by atoms with Crippen molar-refractivity contribution >= 4 is 89.1 Å². The number of rotatable bonds is 27. The van der Waals surface area contributed by atoms with E-state index in [0.29, 0.717) is 72.9 Å². The van der Waals surface area contributed by atoms with Crippen LogP contribution in [0.25, 0.3) is 65.1 Å². The number of sulfone groups is 3. The summed E-state index contributed by atoms with van der Waals surface area (Å²) in [6.07, 6.45) is 2.88. The van der Waals surface area contributed by atoms with E-state index in [0.717, 1.165) is 45.4 Å². The molecule has 500 valence electrons. The highest BCUT2D eigenvalue weighted by Gasteiger charge is 2.55. The number of carbonyl (C=O) groups excluding carboxylic acids is 3. The van der Waals surface area contributed by atoms with E-state index in [1.54, 1.807) is 108 Å². The van der Waals surface area contributed by atoms with E-state index in [-0.39, 0.29) is 0 Å². The molecule has 0 spiro atoms. The molecule has 0 aliphatic heterocycles. The van der Waals surface area contributed by atoms with Crippen molar-refractivity contribution in [3.8, 4) is 65.1 Å². The van der Waals surface area contributed by atoms with Crippen molar-refractivity contribution in [1.29, 1.82) is 0 Å². The predicted molar refractivity (Wildman–Crippen MR) is 355 cm³/mol. The second-order valence-corrected chi connectivity index (χ2v) is 33.5. The molecule has 3 aromatic carbocycles. The number of nitrogens with one attached hydrogen (secondary N) is 3. The first-order valence-corrected chi connectivity index (χ1v) is 37.8. The molecule has 9 aromatic rings. The molecule has 0 bridgehead atoms. The number of aromatic nitrogens is 6. The average molecular weight is 1430 g/mol. The fraction of sp³-hybridized carbons (Fsp3) is 0.250. The fourth-order valence-electron chi connectivity index (χ4n) is 9.46. The molecule has 0 unspecified atom stereocenters. The third-order valence-electron chi connectivity index (χ3n) is 16.1. The van der Waals surface area contributed by atoms with Gasteiger partial charge in [-0.2, -0.15) is 13.9 Å². The Labute approximate surface area is 554 Å². The Balaban J connectivity index is 0.959. The Morgan fingerprint density at radius 1 is 0.442 bits per heavy atom. The van der Waals surface area contributed by atoms with Gasteiger partial charge < -0.3 is 29.0 Å². The molecule has 0 radical (unpaired) electrons. The normalized spacial score (nSPS) is 15.1. The first-order valence-electron chi connectivity index (χ1n) is 28.0. The zero-order valence-electron chi connectivity index (χ0n) is 50.9. The predicted octanol–water partition coefficient (Wildman–Crippen LogP) is 4.69. The summed E-state index contributed by atoms with van der Waals surface area (Å²) in [7, 11) is -20.9. The monoisotopic (exact) mass is 1430 g/mol. The quantitative estimate of drug-likeness (QED) is 0.0300. The molecule has 6 aromatic heterocycles. The van der Waals surface area contributed by atoms with E-state index < -0.39 is 124 Å². The van der Waals surface area contributed by atoms with Crippen molar-refractivity contribution in [2.75, 3.05) is 18.8 Å². The van der Waals surface area contributed by atoms with E-state index in [1.807, 2.05) is 0 Å². The number of nitrogens with zero attached hydrogens (tertiary/aromatic N) is 6. The number of thiazole rings is 3. The second kappa shape index (κ2) is 28.2. The Morgan fingerprint density at radius 3 is 0.874 bits per heavy atom. The molecule has 95 heavy (non-hydrogen) atoms. The van der Waals surface area contributed by atoms with Gasteiger partial charge in [-0.15, -0.1) is 34.0 Å². The summed E-state index contributed by atoms with van der Waals surface area (Å²) in [6.45, 7) is -0.722. The third-order valence-corrected chi connectivity index (χ3v) is 25.5. The second-order valence-electron chi connectivity index (χ2n) is 22.2. The number of carbonyl (C=O) groups is 3. The molecule has 35 heteroatoms. The summed E-state index contributed by atoms with van der Waals surface area (Å²) < 4.78 is 105. The molecular weight excluding hydrogens is 1370 g/mol. The molecule has 6 atom stereocenters. The number of phosphoric acid groups is 1. The number of hydrogen-bond acceptors (Lipinski definition) is 25. The van der Waals surface area contributed by atoms with Crippen molar-refractivity contribution < 1.29 is 73.4 Å². The lowest BCUT2D eigenvalue weighted by atomic mass is 10.0. The lowest BCUT2D eigenvalue weighted by Gasteiger charge is -2.33. The summed E-state index contributed by atoms with van der Waals surface area (Å²) in [6, 6.07) is 29.0. The van der Waals surface area contributed by atoms with E-state index in [4.69, 9.17) is 13.9 Å². The number of hydroxylamine groups is 3. The number of aliphatic hydroxyl groups excluding tert-OH is 3. The van der Waals surface area contributed by atoms with Crippen LogP contribution in [0.5, 0.6) is 0 Å². The van der Waals surface area contributed by atoms with Gasteiger partial charge in [-0.3, -0.25) is 28.8 Å². The minimum atomic E-state index is -6.22. The number of pyridine rings is 3. The topological polar surface area (TPSA) is 400 Å². The van der Waals surface area contributed by atoms with Crippen LogP contribution >= 0.6 is 41.8 Å². The number of aliphatic hydroxyl groups is 3. The molecule has 0 fully saturated rings. The molecule has 0 aliphatic rings. The lowest BCUT2D eigenvalue weighted by Crippen LogP contribution is -2.60. The van der Waals surface area contributed by atoms with Gasteiger partial charge in [0.1, 0.15) is 33.3 Å². The standard InChI is InChI=1S/C60H60N9O19PS6/c1-58(93(4,80)81,46(70)34-67-25-19-43(31-49(67)73)37-7-13-40(14-8-37)52-61-22-28-90-52)55(76)64-86-89(79,87-65-56(77)59(2,94(5,82)83)47(71)35-68-26-20-44(32-50(68)74)38-9-15-41(16-10-38)53-62-23-29-91-53)88-66-57(78)60(3,95(6,84)85)48(72)36-69-27-21-45(33-51(69)75)39-11-17-42(18-12-39)54-63-24-30-92-54/h7-33,46-48,70-72H,34-36H2,1-6H3,(H,64,76)(H,65,77)(H,66,78)/t46-,47-,48-,58-,59-,60-/m1/s1. The van der Waals surface area contributed by atoms with Gasteiger partial charge in [-0.25, -0.2) is 61.2 Å². The Kier molecular flexibility index (Phi) is 21.0. The molecule has 0 saturated heterocycles. The van der Waals surface area contributed by atoms with E-state index in [1.165, 1.54) is 105 Å². The zero-order valence-corrected chi connectivity index (χ0v) is 56.7. The summed E-state index contributed by atoms with van der Waals surface area (Å²) in [4.78, 5) is 96.0. The van der Waals surface area contributed by atoms with Crippen LogP contribution in [0.2, 0.25) is 0 Å². The molecular formula is C60H60N9O19PS6. The maximum absolute atomic E-state index is 14.8. The molecule has 6 heterocycles. The molecule has 0 aliphatic carbocycles. The average Bonchev–Trinajstić information content (AvgIpc) is 1.52. The van der Waals surface area contributed by atoms with Crippen LogP contribution in [0.15, 0.2) is 177 Å². The van der Waals surface area contributed by atoms with Crippen LogP contribution in [0.4, 0.5) is 0 Å². The molecule has 0 saturated carbocycles. The van der Waals surface area contributed by atoms with Gasteiger partial charge in [0.25, 0.3) is 34.4 Å². The smallest absolute Gasteiger partial charge is 0.389 e. The van der Waals surface area contributed by atoms with Gasteiger partial charge in [-0.1, -0.05) is 72.8 Å². The Hall–Kier alpha value is -8.35. The minimum absolute atomic E-state index is 0.412. The molecule has 3 amide bonds. The fourth-order valence-corrected chi connectivity index (χ4v) is 14.9. The van der Waals surface area contributed by atoms with Crippen molar-refractivity contribution in [3.63, 3.8) is 0 Å². The zero-order chi connectivity index (χ0) is 69.1. The van der Waals surface area contributed by atoms with Crippen LogP contribution in [0.3, 0.4) is 0 Å². The third kappa shape index (κ3) is 15.2. The Morgan fingerprint density at radius 2 is 0.674 bits per heavy atom. The number of hydrogen-bond donors (Lipinski definition) is 6. The first-order chi connectivity index (χ1) is 44.7. The van der Waals surface area contributed by atoms with Crippen molar-refractivity contribution in [2.24, 2.45) is 0 Å². The van der Waals surface area contributed by atoms with Crippen molar-refractivity contribution in [2.45, 2.75) is 73.0 Å². The van der Waals surface area contributed by atoms with Crippen molar-refractivity contribution in [3.05, 3.63) is 194 Å². The van der Waals surface area contributed by atoms with E-state index in [2.05, 4.69) is 15.0 Å². The van der Waals surface area contributed by atoms with Crippen LogP contribution in [0, 0.1) is 0 Å². The minimum Gasteiger partial charge on any atom is -0.389 e. The SMILES string of the molecule is C[C@](C(=O)NOP(=O)(ONC(=O)[C@@](C)([C@H](O)Cn1ccc(-c2ccc(-c3nccs3)cc2)cc1=O)S(C)(=O)=O)ONC(=O)[C@@](C)([C@H](O)Cn1ccc(-c2ccc(-c3nccs3)cc2)cc1=O)S(C)(=O)=O)([C@H](O)Cn1ccc(-c2ccc(-c3nccs3)cc2)cc1=O)S(C)(=O)=O. The molecule has 6 N–H and O–H groups in total. The van der Waals surface area contributed by atoms with Crippen LogP contribution in [-0.4, -0.2) is 138 Å². The number of amides is 3.